The molecule has 0 aliphatic rings. The second kappa shape index (κ2) is 13.2. The largest absolute Gasteiger partial charge is 0.490 e. The molecule has 192 valence electrons. The zero-order valence-corrected chi connectivity index (χ0v) is 20.9. The first-order valence-electron chi connectivity index (χ1n) is 10.8. The van der Waals surface area contributed by atoms with Crippen LogP contribution < -0.4 is 25.5 Å². The Bertz CT molecular complexity index is 1340. The third kappa shape index (κ3) is 7.92. The minimum Gasteiger partial charge on any atom is -0.490 e. The van der Waals surface area contributed by atoms with Crippen molar-refractivity contribution in [3.05, 3.63) is 82.1 Å². The maximum Gasteiger partial charge on any atom is 0.329 e. The lowest BCUT2D eigenvalue weighted by Crippen LogP contribution is -2.32. The van der Waals surface area contributed by atoms with Gasteiger partial charge in [-0.3, -0.25) is 14.4 Å². The Morgan fingerprint density at radius 3 is 2.43 bits per heavy atom. The lowest BCUT2D eigenvalue weighted by atomic mass is 10.2. The first-order valence-corrected chi connectivity index (χ1v) is 11.6. The van der Waals surface area contributed by atoms with Gasteiger partial charge in [-0.2, -0.15) is 5.10 Å². The van der Waals surface area contributed by atoms with Crippen LogP contribution in [0.4, 0.5) is 15.8 Å². The second-order valence-corrected chi connectivity index (χ2v) is 8.00. The van der Waals surface area contributed by atoms with E-state index in [1.54, 1.807) is 43.3 Å². The summed E-state index contributed by atoms with van der Waals surface area (Å²) < 4.78 is 24.8. The fourth-order valence-corrected chi connectivity index (χ4v) is 3.23. The molecule has 3 N–H and O–H groups in total. The van der Waals surface area contributed by atoms with Crippen LogP contribution in [0.3, 0.4) is 0 Å². The van der Waals surface area contributed by atoms with Gasteiger partial charge in [0.05, 0.1) is 34.2 Å². The molecule has 0 bridgehead atoms. The molecule has 0 saturated carbocycles. The normalized spacial score (nSPS) is 10.6. The van der Waals surface area contributed by atoms with Gasteiger partial charge >= 0.3 is 11.8 Å². The van der Waals surface area contributed by atoms with Crippen LogP contribution in [0.5, 0.6) is 11.5 Å². The minimum atomic E-state index is -1.09. The summed E-state index contributed by atoms with van der Waals surface area (Å²) in [6.07, 6.45) is 1.27. The van der Waals surface area contributed by atoms with Gasteiger partial charge in [0.2, 0.25) is 0 Å². The van der Waals surface area contributed by atoms with Crippen molar-refractivity contribution in [2.24, 2.45) is 5.10 Å². The van der Waals surface area contributed by atoms with Crippen molar-refractivity contribution in [2.75, 3.05) is 23.8 Å². The maximum atomic E-state index is 13.6. The van der Waals surface area contributed by atoms with E-state index >= 15 is 0 Å². The van der Waals surface area contributed by atoms with E-state index in [0.717, 1.165) is 6.07 Å². The zero-order valence-electron chi connectivity index (χ0n) is 19.4. The van der Waals surface area contributed by atoms with E-state index in [2.05, 4.69) is 21.2 Å². The number of hydrogen-bond acceptors (Lipinski definition) is 6. The van der Waals surface area contributed by atoms with E-state index in [1.165, 1.54) is 24.4 Å². The van der Waals surface area contributed by atoms with Crippen LogP contribution in [0, 0.1) is 5.82 Å². The molecule has 0 aliphatic carbocycles. The number of rotatable bonds is 9. The van der Waals surface area contributed by atoms with E-state index in [1.807, 2.05) is 0 Å². The van der Waals surface area contributed by atoms with Gasteiger partial charge < -0.3 is 20.1 Å². The van der Waals surface area contributed by atoms with Crippen LogP contribution in [0.2, 0.25) is 10.0 Å². The Morgan fingerprint density at radius 1 is 0.919 bits per heavy atom. The molecule has 0 fully saturated rings. The quantitative estimate of drug-likeness (QED) is 0.205. The topological polar surface area (TPSA) is 118 Å². The molecule has 3 aromatic rings. The molecule has 37 heavy (non-hydrogen) atoms. The molecule has 0 heterocycles. The van der Waals surface area contributed by atoms with Crippen molar-refractivity contribution in [3.8, 4) is 11.5 Å². The second-order valence-electron chi connectivity index (χ2n) is 7.21. The first kappa shape index (κ1) is 27.4. The summed E-state index contributed by atoms with van der Waals surface area (Å²) in [6.45, 7) is 1.75. The number of para-hydroxylation sites is 1. The zero-order chi connectivity index (χ0) is 26.8. The third-order valence-corrected chi connectivity index (χ3v) is 5.38. The van der Waals surface area contributed by atoms with Crippen LogP contribution in [-0.4, -0.2) is 37.1 Å². The Balaban J connectivity index is 1.58. The van der Waals surface area contributed by atoms with Crippen molar-refractivity contribution in [2.45, 2.75) is 6.92 Å². The monoisotopic (exact) mass is 546 g/mol. The van der Waals surface area contributed by atoms with Crippen LogP contribution >= 0.6 is 23.2 Å². The summed E-state index contributed by atoms with van der Waals surface area (Å²) >= 11 is 12.0. The lowest BCUT2D eigenvalue weighted by molar-refractivity contribution is -0.136. The van der Waals surface area contributed by atoms with E-state index < -0.39 is 23.5 Å². The van der Waals surface area contributed by atoms with E-state index in [9.17, 15) is 18.8 Å². The molecule has 0 unspecified atom stereocenters. The number of benzene rings is 3. The number of carbonyl (C=O) groups is 3. The van der Waals surface area contributed by atoms with Gasteiger partial charge in [0.1, 0.15) is 5.82 Å². The van der Waals surface area contributed by atoms with Gasteiger partial charge in [-0.05, 0) is 55.0 Å². The van der Waals surface area contributed by atoms with Crippen molar-refractivity contribution in [1.82, 2.24) is 5.43 Å². The number of ether oxygens (including phenoxy) is 2. The van der Waals surface area contributed by atoms with Gasteiger partial charge in [-0.25, -0.2) is 9.82 Å². The summed E-state index contributed by atoms with van der Waals surface area (Å²) in [5, 5.41) is 9.02. The Labute approximate surface area is 221 Å². The highest BCUT2D eigenvalue weighted by Crippen LogP contribution is 2.30. The maximum absolute atomic E-state index is 13.6. The fraction of sp³-hybridized carbons (Fsp3) is 0.120. The molecule has 0 aliphatic heterocycles. The summed E-state index contributed by atoms with van der Waals surface area (Å²) in [5.41, 5.74) is 2.78. The Hall–Kier alpha value is -4.15. The first-order chi connectivity index (χ1) is 17.8. The van der Waals surface area contributed by atoms with E-state index in [4.69, 9.17) is 32.7 Å². The standard InChI is InChI=1S/C25H21Cl2FN4O5/c1-2-36-21-12-15(13-29-32-25(35)24(34)31-18-8-4-3-7-17(18)28)10-11-20(21)37-14-22(33)30-19-9-5-6-16(26)23(19)27/h3-13H,2,14H2,1H3,(H,30,33)(H,31,34)(H,32,35)/b29-13-. The SMILES string of the molecule is CCOc1cc(/C=N\NC(=O)C(=O)Nc2ccccc2F)ccc1OCC(=O)Nc1cccc(Cl)c1Cl. The summed E-state index contributed by atoms with van der Waals surface area (Å²) in [7, 11) is 0. The van der Waals surface area contributed by atoms with E-state index in [-0.39, 0.29) is 17.3 Å². The van der Waals surface area contributed by atoms with Crippen molar-refractivity contribution < 1.29 is 28.2 Å². The van der Waals surface area contributed by atoms with Crippen LogP contribution in [0.15, 0.2) is 65.8 Å². The van der Waals surface area contributed by atoms with Crippen molar-refractivity contribution in [3.63, 3.8) is 0 Å². The number of halogens is 3. The molecule has 0 atom stereocenters. The molecule has 3 aromatic carbocycles. The number of hydrazone groups is 1. The number of nitrogens with one attached hydrogen (secondary N) is 3. The molecular weight excluding hydrogens is 526 g/mol. The van der Waals surface area contributed by atoms with Gasteiger partial charge in [-0.1, -0.05) is 41.4 Å². The number of anilines is 2. The summed E-state index contributed by atoms with van der Waals surface area (Å²) in [4.78, 5) is 36.1. The van der Waals surface area contributed by atoms with Gasteiger partial charge in [0, 0.05) is 0 Å². The molecule has 3 rings (SSSR count). The third-order valence-electron chi connectivity index (χ3n) is 4.56. The fourth-order valence-electron chi connectivity index (χ4n) is 2.88. The smallest absolute Gasteiger partial charge is 0.329 e. The molecule has 0 spiro atoms. The Morgan fingerprint density at radius 2 is 1.68 bits per heavy atom. The highest BCUT2D eigenvalue weighted by Gasteiger charge is 2.15. The molecule has 0 saturated heterocycles. The summed E-state index contributed by atoms with van der Waals surface area (Å²) in [5.74, 6) is -2.70. The van der Waals surface area contributed by atoms with Crippen molar-refractivity contribution in [1.29, 1.82) is 0 Å². The van der Waals surface area contributed by atoms with Crippen LogP contribution in [0.25, 0.3) is 0 Å². The summed E-state index contributed by atoms with van der Waals surface area (Å²) in [6, 6.07) is 15.0. The number of amides is 3. The van der Waals surface area contributed by atoms with Gasteiger partial charge in [0.15, 0.2) is 18.1 Å². The van der Waals surface area contributed by atoms with Crippen LogP contribution in [0.1, 0.15) is 12.5 Å². The van der Waals surface area contributed by atoms with Gasteiger partial charge in [-0.15, -0.1) is 0 Å². The molecule has 0 aromatic heterocycles. The highest BCUT2D eigenvalue weighted by molar-refractivity contribution is 6.44. The minimum absolute atomic E-state index is 0.132. The van der Waals surface area contributed by atoms with E-state index in [0.29, 0.717) is 34.4 Å². The number of hydrogen-bond donors (Lipinski definition) is 3. The predicted molar refractivity (Wildman–Crippen MR) is 139 cm³/mol. The lowest BCUT2D eigenvalue weighted by Gasteiger charge is -2.13. The van der Waals surface area contributed by atoms with Gasteiger partial charge in [0.25, 0.3) is 5.91 Å². The predicted octanol–water partition coefficient (Wildman–Crippen LogP) is 4.64. The number of carbonyl (C=O) groups excluding carboxylic acids is 3. The highest BCUT2D eigenvalue weighted by atomic mass is 35.5. The average molecular weight is 547 g/mol. The average Bonchev–Trinajstić information content (AvgIpc) is 2.87. The molecule has 0 radical (unpaired) electrons. The van der Waals surface area contributed by atoms with Crippen LogP contribution in [-0.2, 0) is 14.4 Å². The number of nitrogens with zero attached hydrogens (tertiary/aromatic N) is 1. The molecule has 3 amide bonds. The molecular formula is C25H21Cl2FN4O5. The van der Waals surface area contributed by atoms with Crippen molar-refractivity contribution >= 4 is 58.5 Å². The molecule has 12 heteroatoms. The molecule has 9 nitrogen and oxygen atoms in total. The Kier molecular flexibility index (Phi) is 9.82.